The molecule has 3 nitrogen and oxygen atoms in total. The molecule has 10 rings (SSSR count). The summed E-state index contributed by atoms with van der Waals surface area (Å²) in [6, 6.07) is 62.4. The molecule has 0 bridgehead atoms. The average Bonchev–Trinajstić information content (AvgIpc) is 3.75. The summed E-state index contributed by atoms with van der Waals surface area (Å²) in [5, 5.41) is 4.91. The van der Waals surface area contributed by atoms with Crippen molar-refractivity contribution in [3.63, 3.8) is 0 Å². The van der Waals surface area contributed by atoms with Crippen LogP contribution in [0.1, 0.15) is 0 Å². The van der Waals surface area contributed by atoms with Gasteiger partial charge in [-0.3, -0.25) is 0 Å². The molecule has 3 heterocycles. The number of aromatic nitrogens is 3. The number of benzene rings is 7. The van der Waals surface area contributed by atoms with Crippen LogP contribution < -0.4 is 0 Å². The van der Waals surface area contributed by atoms with Crippen molar-refractivity contribution in [2.45, 2.75) is 0 Å². The van der Waals surface area contributed by atoms with E-state index in [4.69, 9.17) is 9.97 Å². The highest BCUT2D eigenvalue weighted by Gasteiger charge is 2.20. The Hall–Kier alpha value is -6.36. The maximum absolute atomic E-state index is 5.42. The summed E-state index contributed by atoms with van der Waals surface area (Å²) in [4.78, 5) is 10.8. The first kappa shape index (κ1) is 28.6. The van der Waals surface area contributed by atoms with Gasteiger partial charge in [0.1, 0.15) is 0 Å². The topological polar surface area (TPSA) is 30.7 Å². The highest BCUT2D eigenvalue weighted by atomic mass is 32.1. The van der Waals surface area contributed by atoms with Gasteiger partial charge in [0.2, 0.25) is 0 Å². The Balaban J connectivity index is 1.25. The molecule has 0 amide bonds. The van der Waals surface area contributed by atoms with E-state index in [-0.39, 0.29) is 0 Å². The van der Waals surface area contributed by atoms with Crippen LogP contribution in [0.15, 0.2) is 176 Å². The van der Waals surface area contributed by atoms with Crippen molar-refractivity contribution < 1.29 is 0 Å². The van der Waals surface area contributed by atoms with E-state index in [1.807, 2.05) is 11.3 Å². The third-order valence-electron chi connectivity index (χ3n) is 9.64. The Morgan fingerprint density at radius 3 is 1.84 bits per heavy atom. The Morgan fingerprint density at radius 2 is 1.02 bits per heavy atom. The summed E-state index contributed by atoms with van der Waals surface area (Å²) in [5.74, 6) is 0.702. The monoisotopic (exact) mass is 655 g/mol. The molecule has 234 valence electrons. The van der Waals surface area contributed by atoms with Gasteiger partial charge < -0.3 is 4.57 Å². The zero-order chi connectivity index (χ0) is 33.0. The molecule has 0 aliphatic heterocycles. The highest BCUT2D eigenvalue weighted by molar-refractivity contribution is 7.26. The van der Waals surface area contributed by atoms with Crippen molar-refractivity contribution in [1.29, 1.82) is 0 Å². The Bertz CT molecular complexity index is 2850. The van der Waals surface area contributed by atoms with Crippen molar-refractivity contribution >= 4 is 53.3 Å². The van der Waals surface area contributed by atoms with E-state index in [0.29, 0.717) is 5.82 Å². The minimum Gasteiger partial charge on any atom is -0.309 e. The summed E-state index contributed by atoms with van der Waals surface area (Å²) >= 11 is 1.83. The summed E-state index contributed by atoms with van der Waals surface area (Å²) < 4.78 is 4.87. The summed E-state index contributed by atoms with van der Waals surface area (Å²) in [6.07, 6.45) is 0. The third kappa shape index (κ3) is 4.65. The predicted octanol–water partition coefficient (Wildman–Crippen LogP) is 12.6. The smallest absolute Gasteiger partial charge is 0.162 e. The van der Waals surface area contributed by atoms with Crippen LogP contribution in [0.5, 0.6) is 0 Å². The molecule has 0 N–H and O–H groups in total. The fourth-order valence-electron chi connectivity index (χ4n) is 7.31. The molecule has 0 radical (unpaired) electrons. The van der Waals surface area contributed by atoms with Crippen LogP contribution in [0.2, 0.25) is 0 Å². The second kappa shape index (κ2) is 11.7. The van der Waals surface area contributed by atoms with Crippen LogP contribution >= 0.6 is 11.3 Å². The molecular weight excluding hydrogens is 627 g/mol. The van der Waals surface area contributed by atoms with E-state index in [0.717, 1.165) is 44.8 Å². The third-order valence-corrected chi connectivity index (χ3v) is 10.9. The maximum atomic E-state index is 5.42. The summed E-state index contributed by atoms with van der Waals surface area (Å²) in [6.45, 7) is 0. The molecular formula is C46H29N3S. The van der Waals surface area contributed by atoms with Crippen LogP contribution in [-0.4, -0.2) is 14.5 Å². The van der Waals surface area contributed by atoms with Crippen LogP contribution in [0.3, 0.4) is 0 Å². The lowest BCUT2D eigenvalue weighted by Crippen LogP contribution is -1.99. The molecule has 4 heteroatoms. The maximum Gasteiger partial charge on any atom is 0.162 e. The van der Waals surface area contributed by atoms with E-state index >= 15 is 0 Å². The molecule has 0 unspecified atom stereocenters. The molecule has 10 aromatic rings. The zero-order valence-electron chi connectivity index (χ0n) is 27.0. The molecule has 3 aromatic heterocycles. The van der Waals surface area contributed by atoms with E-state index in [1.165, 1.54) is 42.1 Å². The van der Waals surface area contributed by atoms with Gasteiger partial charge in [0.15, 0.2) is 5.82 Å². The van der Waals surface area contributed by atoms with Gasteiger partial charge in [0.05, 0.1) is 22.4 Å². The van der Waals surface area contributed by atoms with Gasteiger partial charge in [0, 0.05) is 53.3 Å². The molecule has 0 spiro atoms. The minimum absolute atomic E-state index is 0.702. The van der Waals surface area contributed by atoms with Crippen molar-refractivity contribution in [1.82, 2.24) is 14.5 Å². The quantitative estimate of drug-likeness (QED) is 0.185. The van der Waals surface area contributed by atoms with Crippen molar-refractivity contribution in [3.05, 3.63) is 176 Å². The lowest BCUT2D eigenvalue weighted by atomic mass is 10.0. The fraction of sp³-hybridized carbons (Fsp3) is 0. The van der Waals surface area contributed by atoms with Crippen molar-refractivity contribution in [2.24, 2.45) is 0 Å². The standard InChI is InChI=1S/C46H29N3S/c1-3-13-30(14-4-1)31-25-27-32(28-26-31)40-29-41(38-21-12-20-37-35-18-8-10-24-43(35)50-45(37)38)48-46(47-40)39-22-11-19-36-34-17-7-9-23-42(34)49(44(36)39)33-15-5-2-6-16-33/h1-29H. The van der Waals surface area contributed by atoms with E-state index in [1.54, 1.807) is 0 Å². The van der Waals surface area contributed by atoms with E-state index < -0.39 is 0 Å². The first-order valence-corrected chi connectivity index (χ1v) is 17.7. The van der Waals surface area contributed by atoms with Gasteiger partial charge in [-0.05, 0) is 47.5 Å². The molecule has 0 saturated heterocycles. The SMILES string of the molecule is c1ccc(-c2ccc(-c3cc(-c4cccc5c4sc4ccccc45)nc(-c4cccc5c6ccccc6n(-c6ccccc6)c45)n3)cc2)cc1. The van der Waals surface area contributed by atoms with Crippen LogP contribution in [0.4, 0.5) is 0 Å². The first-order valence-electron chi connectivity index (χ1n) is 16.8. The zero-order valence-corrected chi connectivity index (χ0v) is 27.8. The lowest BCUT2D eigenvalue weighted by Gasteiger charge is -2.13. The first-order chi connectivity index (χ1) is 24.8. The van der Waals surface area contributed by atoms with Gasteiger partial charge in [-0.25, -0.2) is 9.97 Å². The minimum atomic E-state index is 0.702. The van der Waals surface area contributed by atoms with Crippen LogP contribution in [0, 0.1) is 0 Å². The lowest BCUT2D eigenvalue weighted by molar-refractivity contribution is 1.16. The number of fused-ring (bicyclic) bond motifs is 6. The fourth-order valence-corrected chi connectivity index (χ4v) is 8.54. The van der Waals surface area contributed by atoms with Crippen LogP contribution in [0.25, 0.3) is 92.7 Å². The van der Waals surface area contributed by atoms with Gasteiger partial charge in [-0.1, -0.05) is 140 Å². The number of para-hydroxylation sites is 3. The molecule has 0 aliphatic carbocycles. The largest absolute Gasteiger partial charge is 0.309 e. The second-order valence-corrected chi connectivity index (χ2v) is 13.6. The second-order valence-electron chi connectivity index (χ2n) is 12.6. The predicted molar refractivity (Wildman–Crippen MR) is 211 cm³/mol. The number of hydrogen-bond donors (Lipinski definition) is 0. The number of rotatable bonds is 5. The van der Waals surface area contributed by atoms with Crippen molar-refractivity contribution in [3.8, 4) is 50.7 Å². The van der Waals surface area contributed by atoms with Crippen LogP contribution in [-0.2, 0) is 0 Å². The average molecular weight is 656 g/mol. The normalized spacial score (nSPS) is 11.6. The molecule has 0 atom stereocenters. The Morgan fingerprint density at radius 1 is 0.420 bits per heavy atom. The Labute approximate surface area is 293 Å². The van der Waals surface area contributed by atoms with Gasteiger partial charge in [0.25, 0.3) is 0 Å². The van der Waals surface area contributed by atoms with E-state index in [2.05, 4.69) is 180 Å². The number of hydrogen-bond acceptors (Lipinski definition) is 3. The highest BCUT2D eigenvalue weighted by Crippen LogP contribution is 2.42. The Kier molecular flexibility index (Phi) is 6.68. The van der Waals surface area contributed by atoms with Gasteiger partial charge >= 0.3 is 0 Å². The molecule has 7 aromatic carbocycles. The van der Waals surface area contributed by atoms with Gasteiger partial charge in [-0.2, -0.15) is 0 Å². The van der Waals surface area contributed by atoms with Gasteiger partial charge in [-0.15, -0.1) is 11.3 Å². The van der Waals surface area contributed by atoms with Crippen molar-refractivity contribution in [2.75, 3.05) is 0 Å². The summed E-state index contributed by atoms with van der Waals surface area (Å²) in [7, 11) is 0. The molecule has 0 fully saturated rings. The number of nitrogens with zero attached hydrogens (tertiary/aromatic N) is 3. The van der Waals surface area contributed by atoms with E-state index in [9.17, 15) is 0 Å². The molecule has 0 saturated carbocycles. The molecule has 50 heavy (non-hydrogen) atoms. The molecule has 0 aliphatic rings. The number of thiophene rings is 1. The summed E-state index contributed by atoms with van der Waals surface area (Å²) in [5.41, 5.74) is 10.7.